The van der Waals surface area contributed by atoms with Crippen LogP contribution in [0.15, 0.2) is 34.9 Å². The van der Waals surface area contributed by atoms with Crippen molar-refractivity contribution in [2.45, 2.75) is 25.9 Å². The second-order valence-corrected chi connectivity index (χ2v) is 5.18. The summed E-state index contributed by atoms with van der Waals surface area (Å²) in [6, 6.07) is 5.66. The van der Waals surface area contributed by atoms with E-state index in [4.69, 9.17) is 9.68 Å². The number of nitrogens with one attached hydrogen (secondary N) is 1. The van der Waals surface area contributed by atoms with Crippen molar-refractivity contribution >= 4 is 5.91 Å². The maximum absolute atomic E-state index is 12.9. The van der Waals surface area contributed by atoms with Gasteiger partial charge in [0.1, 0.15) is 17.8 Å². The monoisotopic (exact) mass is 317 g/mol. The van der Waals surface area contributed by atoms with Crippen LogP contribution in [0, 0.1) is 23.2 Å². The van der Waals surface area contributed by atoms with Gasteiger partial charge in [-0.2, -0.15) is 5.26 Å². The fourth-order valence-corrected chi connectivity index (χ4v) is 2.03. The van der Waals surface area contributed by atoms with Crippen LogP contribution in [0.25, 0.3) is 11.5 Å². The zero-order chi connectivity index (χ0) is 16.8. The fraction of sp³-hybridized carbons (Fsp3) is 0.312. The van der Waals surface area contributed by atoms with Crippen molar-refractivity contribution in [3.8, 4) is 17.6 Å². The average Bonchev–Trinajstić information content (AvgIpc) is 3.03. The number of halogens is 1. The van der Waals surface area contributed by atoms with Crippen LogP contribution in [-0.4, -0.2) is 16.0 Å². The van der Waals surface area contributed by atoms with E-state index in [1.807, 2.05) is 0 Å². The maximum atomic E-state index is 12.9. The lowest BCUT2D eigenvalue weighted by Gasteiger charge is -2.11. The highest BCUT2D eigenvalue weighted by Gasteiger charge is 2.18. The Morgan fingerprint density at radius 2 is 2.13 bits per heavy atom. The Labute approximate surface area is 132 Å². The number of benzene rings is 1. The number of oxazole rings is 1. The summed E-state index contributed by atoms with van der Waals surface area (Å²) in [5.41, 5.74) is 0.948. The Morgan fingerprint density at radius 1 is 1.43 bits per heavy atom. The Balaban J connectivity index is 1.96. The molecule has 1 aromatic carbocycles. The molecule has 2 aromatic rings. The molecule has 2 rings (SSSR count). The molecule has 23 heavy (non-hydrogen) atoms. The molecule has 0 aliphatic rings. The summed E-state index contributed by atoms with van der Waals surface area (Å²) in [4.78, 5) is 15.6. The molecule has 6 nitrogen and oxygen atoms in total. The molecule has 0 aliphatic heterocycles. The van der Waals surface area contributed by atoms with Crippen molar-refractivity contribution in [3.63, 3.8) is 0 Å². The molecule has 2 atom stereocenters. The third-order valence-electron chi connectivity index (χ3n) is 3.45. The zero-order valence-corrected chi connectivity index (χ0v) is 12.5. The van der Waals surface area contributed by atoms with Gasteiger partial charge in [-0.25, -0.2) is 9.37 Å². The van der Waals surface area contributed by atoms with Gasteiger partial charge in [-0.1, -0.05) is 6.92 Å². The number of rotatable bonds is 6. The first-order valence-electron chi connectivity index (χ1n) is 7.09. The third-order valence-corrected chi connectivity index (χ3v) is 3.45. The highest BCUT2D eigenvalue weighted by molar-refractivity contribution is 5.79. The summed E-state index contributed by atoms with van der Waals surface area (Å²) in [5.74, 6) is -0.848. The molecule has 0 saturated carbocycles. The molecule has 0 saturated heterocycles. The van der Waals surface area contributed by atoms with Gasteiger partial charge in [0.25, 0.3) is 0 Å². The lowest BCUT2D eigenvalue weighted by atomic mass is 10.0. The summed E-state index contributed by atoms with van der Waals surface area (Å²) < 4.78 is 18.2. The van der Waals surface area contributed by atoms with Crippen LogP contribution in [0.2, 0.25) is 0 Å². The number of aromatic nitrogens is 1. The maximum Gasteiger partial charge on any atom is 0.235 e. The largest absolute Gasteiger partial charge is 0.444 e. The summed E-state index contributed by atoms with van der Waals surface area (Å²) in [7, 11) is 0. The van der Waals surface area contributed by atoms with Gasteiger partial charge in [0.2, 0.25) is 11.8 Å². The Bertz CT molecular complexity index is 706. The van der Waals surface area contributed by atoms with E-state index in [0.29, 0.717) is 24.1 Å². The average molecular weight is 317 g/mol. The number of hydrogen-bond donors (Lipinski definition) is 2. The number of aliphatic hydroxyl groups excluding tert-OH is 1. The van der Waals surface area contributed by atoms with E-state index in [0.717, 1.165) is 0 Å². The number of aliphatic hydroxyl groups is 1. The quantitative estimate of drug-likeness (QED) is 0.630. The SMILES string of the molecule is CC(CCC(O)c1coc(-c2ccc(F)cc2)n1)C(=O)NC#N. The smallest absolute Gasteiger partial charge is 0.235 e. The van der Waals surface area contributed by atoms with Crippen molar-refractivity contribution in [1.29, 1.82) is 5.26 Å². The predicted molar refractivity (Wildman–Crippen MR) is 79.0 cm³/mol. The number of amides is 1. The number of carbonyl (C=O) groups is 1. The van der Waals surface area contributed by atoms with Crippen LogP contribution >= 0.6 is 0 Å². The second kappa shape index (κ2) is 7.51. The molecule has 0 radical (unpaired) electrons. The van der Waals surface area contributed by atoms with Gasteiger partial charge in [-0.05, 0) is 37.1 Å². The number of carbonyl (C=O) groups excluding carboxylic acids is 1. The zero-order valence-electron chi connectivity index (χ0n) is 12.5. The standard InChI is InChI=1S/C16H16FN3O3/c1-10(15(22)19-9-18)2-7-14(21)13-8-23-16(20-13)11-3-5-12(17)6-4-11/h3-6,8,10,14,21H,2,7H2,1H3,(H,19,22). The molecular weight excluding hydrogens is 301 g/mol. The van der Waals surface area contributed by atoms with Gasteiger partial charge in [-0.3, -0.25) is 10.1 Å². The summed E-state index contributed by atoms with van der Waals surface area (Å²) >= 11 is 0. The number of hydrogen-bond acceptors (Lipinski definition) is 5. The lowest BCUT2D eigenvalue weighted by Crippen LogP contribution is -2.25. The molecule has 1 amide bonds. The van der Waals surface area contributed by atoms with E-state index >= 15 is 0 Å². The van der Waals surface area contributed by atoms with Crippen LogP contribution in [0.3, 0.4) is 0 Å². The van der Waals surface area contributed by atoms with Gasteiger partial charge >= 0.3 is 0 Å². The van der Waals surface area contributed by atoms with Crippen molar-refractivity contribution in [1.82, 2.24) is 10.3 Å². The highest BCUT2D eigenvalue weighted by atomic mass is 19.1. The Kier molecular flexibility index (Phi) is 5.44. The molecule has 0 aliphatic carbocycles. The van der Waals surface area contributed by atoms with Gasteiger partial charge < -0.3 is 9.52 Å². The molecule has 2 N–H and O–H groups in total. The summed E-state index contributed by atoms with van der Waals surface area (Å²) in [5, 5.41) is 20.6. The van der Waals surface area contributed by atoms with Crippen molar-refractivity contribution < 1.29 is 18.7 Å². The molecule has 0 spiro atoms. The van der Waals surface area contributed by atoms with Crippen LogP contribution in [0.4, 0.5) is 4.39 Å². The summed E-state index contributed by atoms with van der Waals surface area (Å²) in [6.07, 6.45) is 2.73. The summed E-state index contributed by atoms with van der Waals surface area (Å²) in [6.45, 7) is 1.67. The van der Waals surface area contributed by atoms with Gasteiger partial charge in [0.05, 0.1) is 6.10 Å². The van der Waals surface area contributed by atoms with E-state index in [2.05, 4.69) is 10.3 Å². The predicted octanol–water partition coefficient (Wildman–Crippen LogP) is 2.53. The molecular formula is C16H16FN3O3. The normalized spacial score (nSPS) is 13.1. The topological polar surface area (TPSA) is 99.2 Å². The molecule has 1 aromatic heterocycles. The first-order chi connectivity index (χ1) is 11.0. The van der Waals surface area contributed by atoms with Crippen LogP contribution in [0.1, 0.15) is 31.6 Å². The first kappa shape index (κ1) is 16.6. The number of nitrogens with zero attached hydrogens (tertiary/aromatic N) is 2. The van der Waals surface area contributed by atoms with Gasteiger partial charge in [0.15, 0.2) is 6.19 Å². The Morgan fingerprint density at radius 3 is 2.78 bits per heavy atom. The van der Waals surface area contributed by atoms with Gasteiger partial charge in [-0.15, -0.1) is 0 Å². The van der Waals surface area contributed by atoms with Crippen molar-refractivity contribution in [2.24, 2.45) is 5.92 Å². The minimum Gasteiger partial charge on any atom is -0.444 e. The van der Waals surface area contributed by atoms with Gasteiger partial charge in [0, 0.05) is 11.5 Å². The molecule has 2 unspecified atom stereocenters. The van der Waals surface area contributed by atoms with E-state index in [-0.39, 0.29) is 17.6 Å². The van der Waals surface area contributed by atoms with Crippen LogP contribution in [-0.2, 0) is 4.79 Å². The highest BCUT2D eigenvalue weighted by Crippen LogP contribution is 2.25. The molecule has 7 heteroatoms. The van der Waals surface area contributed by atoms with E-state index < -0.39 is 12.0 Å². The molecule has 0 fully saturated rings. The van der Waals surface area contributed by atoms with Crippen molar-refractivity contribution in [3.05, 3.63) is 42.0 Å². The molecule has 0 bridgehead atoms. The van der Waals surface area contributed by atoms with E-state index in [1.165, 1.54) is 30.5 Å². The lowest BCUT2D eigenvalue weighted by molar-refractivity contribution is -0.123. The van der Waals surface area contributed by atoms with Crippen LogP contribution < -0.4 is 5.32 Å². The molecule has 120 valence electrons. The fourth-order valence-electron chi connectivity index (χ4n) is 2.03. The minimum atomic E-state index is -0.884. The van der Waals surface area contributed by atoms with Crippen molar-refractivity contribution in [2.75, 3.05) is 0 Å². The molecule has 1 heterocycles. The third kappa shape index (κ3) is 4.37. The van der Waals surface area contributed by atoms with E-state index in [9.17, 15) is 14.3 Å². The second-order valence-electron chi connectivity index (χ2n) is 5.18. The first-order valence-corrected chi connectivity index (χ1v) is 7.09. The van der Waals surface area contributed by atoms with Crippen LogP contribution in [0.5, 0.6) is 0 Å². The minimum absolute atomic E-state index is 0.286. The Hall–Kier alpha value is -2.72. The van der Waals surface area contributed by atoms with E-state index in [1.54, 1.807) is 13.1 Å². The number of nitriles is 1.